The van der Waals surface area contributed by atoms with Crippen molar-refractivity contribution in [3.8, 4) is 50.2 Å². The molecule has 0 saturated carbocycles. The Morgan fingerprint density at radius 3 is 1.90 bits per heavy atom. The molecule has 0 amide bonds. The van der Waals surface area contributed by atoms with Crippen LogP contribution in [0.5, 0.6) is 0 Å². The zero-order valence-electron chi connectivity index (χ0n) is 37.7. The molecule has 1 atom stereocenters. The van der Waals surface area contributed by atoms with Gasteiger partial charge in [-0.25, -0.2) is 0 Å². The van der Waals surface area contributed by atoms with Crippen LogP contribution in [0.25, 0.3) is 99.9 Å². The van der Waals surface area contributed by atoms with Gasteiger partial charge in [-0.15, -0.1) is 0 Å². The zero-order valence-corrected chi connectivity index (χ0v) is 37.7. The van der Waals surface area contributed by atoms with Crippen molar-refractivity contribution in [2.24, 2.45) is 0 Å². The van der Waals surface area contributed by atoms with E-state index in [0.29, 0.717) is 5.92 Å². The van der Waals surface area contributed by atoms with E-state index in [4.69, 9.17) is 4.42 Å². The summed E-state index contributed by atoms with van der Waals surface area (Å²) >= 11 is 0. The van der Waals surface area contributed by atoms with E-state index in [1.165, 1.54) is 55.2 Å². The molecule has 3 heteroatoms. The van der Waals surface area contributed by atoms with Crippen LogP contribution in [0.3, 0.4) is 0 Å². The molecule has 1 unspecified atom stereocenters. The lowest BCUT2D eigenvalue weighted by molar-refractivity contribution is 0.669. The van der Waals surface area contributed by atoms with Gasteiger partial charge in [0, 0.05) is 44.2 Å². The molecule has 68 heavy (non-hydrogen) atoms. The Balaban J connectivity index is 1.07. The number of hydrogen-bond donors (Lipinski definition) is 0. The number of aromatic nitrogens is 1. The average Bonchev–Trinajstić information content (AvgIpc) is 3.96. The van der Waals surface area contributed by atoms with Gasteiger partial charge in [0.2, 0.25) is 0 Å². The summed E-state index contributed by atoms with van der Waals surface area (Å²) in [6.07, 6.45) is 5.70. The van der Waals surface area contributed by atoms with Crippen molar-refractivity contribution in [3.05, 3.63) is 248 Å². The molecular weight excluding hydrogens is 825 g/mol. The summed E-state index contributed by atoms with van der Waals surface area (Å²) in [6, 6.07) is 83.8. The largest absolute Gasteiger partial charge is 0.456 e. The van der Waals surface area contributed by atoms with E-state index in [1.54, 1.807) is 0 Å². The molecule has 0 radical (unpaired) electrons. The van der Waals surface area contributed by atoms with Crippen molar-refractivity contribution in [2.75, 3.05) is 4.90 Å². The molecular formula is C65H46N2O. The van der Waals surface area contributed by atoms with Gasteiger partial charge < -0.3 is 13.9 Å². The third-order valence-electron chi connectivity index (χ3n) is 14.0. The van der Waals surface area contributed by atoms with Gasteiger partial charge >= 0.3 is 0 Å². The van der Waals surface area contributed by atoms with Gasteiger partial charge in [0.1, 0.15) is 11.2 Å². The number of furan rings is 1. The molecule has 0 spiro atoms. The number of hydrogen-bond acceptors (Lipinski definition) is 2. The summed E-state index contributed by atoms with van der Waals surface area (Å²) in [5, 5.41) is 5.96. The van der Waals surface area contributed by atoms with Crippen LogP contribution in [0.4, 0.5) is 17.1 Å². The second kappa shape index (κ2) is 16.3. The van der Waals surface area contributed by atoms with Crippen molar-refractivity contribution in [1.29, 1.82) is 0 Å². The lowest BCUT2D eigenvalue weighted by Gasteiger charge is -2.30. The Morgan fingerprint density at radius 2 is 1.06 bits per heavy atom. The van der Waals surface area contributed by atoms with Crippen LogP contribution < -0.4 is 4.90 Å². The van der Waals surface area contributed by atoms with Crippen LogP contribution in [-0.4, -0.2) is 4.57 Å². The Morgan fingerprint density at radius 1 is 0.456 bits per heavy atom. The van der Waals surface area contributed by atoms with Gasteiger partial charge in [0.15, 0.2) is 0 Å². The molecule has 13 rings (SSSR count). The van der Waals surface area contributed by atoms with Crippen molar-refractivity contribution in [3.63, 3.8) is 0 Å². The molecule has 1 aliphatic carbocycles. The molecule has 0 N–H and O–H groups in total. The zero-order chi connectivity index (χ0) is 45.1. The van der Waals surface area contributed by atoms with E-state index in [-0.39, 0.29) is 0 Å². The van der Waals surface area contributed by atoms with Crippen LogP contribution in [0, 0.1) is 0 Å². The first kappa shape index (κ1) is 39.7. The summed E-state index contributed by atoms with van der Waals surface area (Å²) < 4.78 is 8.83. The maximum Gasteiger partial charge on any atom is 0.135 e. The van der Waals surface area contributed by atoms with Gasteiger partial charge in [-0.3, -0.25) is 0 Å². The highest BCUT2D eigenvalue weighted by molar-refractivity contribution is 6.10. The van der Waals surface area contributed by atoms with E-state index in [0.717, 1.165) is 73.4 Å². The third kappa shape index (κ3) is 6.50. The summed E-state index contributed by atoms with van der Waals surface area (Å²) in [7, 11) is 0. The molecule has 0 aliphatic heterocycles. The van der Waals surface area contributed by atoms with E-state index < -0.39 is 0 Å². The van der Waals surface area contributed by atoms with Crippen LogP contribution in [0.2, 0.25) is 0 Å². The average molecular weight is 871 g/mol. The van der Waals surface area contributed by atoms with Gasteiger partial charge in [-0.2, -0.15) is 0 Å². The number of anilines is 3. The van der Waals surface area contributed by atoms with E-state index in [1.807, 2.05) is 6.07 Å². The highest BCUT2D eigenvalue weighted by atomic mass is 16.3. The lowest BCUT2D eigenvalue weighted by Crippen LogP contribution is -2.12. The summed E-state index contributed by atoms with van der Waals surface area (Å²) in [4.78, 5) is 2.49. The predicted molar refractivity (Wildman–Crippen MR) is 287 cm³/mol. The molecule has 0 saturated heterocycles. The molecule has 0 bridgehead atoms. The molecule has 2 heterocycles. The smallest absolute Gasteiger partial charge is 0.135 e. The van der Waals surface area contributed by atoms with Gasteiger partial charge in [-0.1, -0.05) is 189 Å². The van der Waals surface area contributed by atoms with Crippen molar-refractivity contribution < 1.29 is 4.42 Å². The Hall–Kier alpha value is -8.66. The van der Waals surface area contributed by atoms with Gasteiger partial charge in [0.05, 0.1) is 22.6 Å². The van der Waals surface area contributed by atoms with E-state index in [9.17, 15) is 0 Å². The van der Waals surface area contributed by atoms with Crippen LogP contribution in [0.1, 0.15) is 30.5 Å². The fraction of sp³-hybridized carbons (Fsp3) is 0.0462. The number of rotatable bonds is 8. The predicted octanol–water partition coefficient (Wildman–Crippen LogP) is 18.3. The van der Waals surface area contributed by atoms with Crippen molar-refractivity contribution >= 4 is 66.8 Å². The van der Waals surface area contributed by atoms with E-state index in [2.05, 4.69) is 253 Å². The maximum absolute atomic E-state index is 6.34. The summed E-state index contributed by atoms with van der Waals surface area (Å²) in [6.45, 7) is 2.36. The molecule has 12 aromatic rings. The van der Waals surface area contributed by atoms with Crippen molar-refractivity contribution in [2.45, 2.75) is 19.3 Å². The highest BCUT2D eigenvalue weighted by Gasteiger charge is 2.27. The van der Waals surface area contributed by atoms with Gasteiger partial charge in [-0.05, 0) is 117 Å². The third-order valence-corrected chi connectivity index (χ3v) is 14.0. The number of fused-ring (bicyclic) bond motifs is 7. The topological polar surface area (TPSA) is 21.3 Å². The van der Waals surface area contributed by atoms with Crippen molar-refractivity contribution in [1.82, 2.24) is 4.57 Å². The molecule has 1 aliphatic rings. The van der Waals surface area contributed by atoms with Crippen LogP contribution >= 0.6 is 0 Å². The van der Waals surface area contributed by atoms with Crippen LogP contribution in [0.15, 0.2) is 241 Å². The second-order valence-electron chi connectivity index (χ2n) is 18.0. The van der Waals surface area contributed by atoms with Gasteiger partial charge in [0.25, 0.3) is 0 Å². The highest BCUT2D eigenvalue weighted by Crippen LogP contribution is 2.49. The molecule has 2 aromatic heterocycles. The Kier molecular flexibility index (Phi) is 9.54. The maximum atomic E-state index is 6.34. The standard InChI is InChI=1S/C65H46N2O/c1-43-19-14-37-60-63(43)56-34-18-32-52(65(56)67(60)48-25-6-3-7-26-48)46-24-15-27-49(41-46)66(58-35-11-8-28-50(58)47-39-40-62-57(42-47)54-30-10-13-38-61(54)68-62)59-36-12-9-29-53(59)55-33-17-23-45-22-16-31-51(64(45)55)44-20-4-2-5-21-44/h2-18,20-43H,19H2,1H3. The fourth-order valence-electron chi connectivity index (χ4n) is 11.0. The minimum absolute atomic E-state index is 0.406. The number of benzene rings is 10. The molecule has 3 nitrogen and oxygen atoms in total. The van der Waals surface area contributed by atoms with Crippen LogP contribution in [-0.2, 0) is 0 Å². The first-order chi connectivity index (χ1) is 33.7. The Labute approximate surface area is 396 Å². The second-order valence-corrected chi connectivity index (χ2v) is 18.0. The SMILES string of the molecule is CC1CC=Cc2c1c1cccc(-c3cccc(N(c4ccccc4-c4ccc5oc6ccccc6c5c4)c4ccccc4-c4cccc5cccc(-c6ccccc6)c45)c3)c1n2-c1ccccc1. The quantitative estimate of drug-likeness (QED) is 0.152. The number of allylic oxidation sites excluding steroid dienone is 1. The molecule has 0 fully saturated rings. The minimum Gasteiger partial charge on any atom is -0.456 e. The number of nitrogens with zero attached hydrogens (tertiary/aromatic N) is 2. The Bertz CT molecular complexity index is 3910. The lowest BCUT2D eigenvalue weighted by atomic mass is 9.90. The number of para-hydroxylation sites is 5. The first-order valence-electron chi connectivity index (χ1n) is 23.6. The first-order valence-corrected chi connectivity index (χ1v) is 23.6. The summed E-state index contributed by atoms with van der Waals surface area (Å²) in [5.74, 6) is 0.406. The normalized spacial score (nSPS) is 13.4. The fourth-order valence-corrected chi connectivity index (χ4v) is 11.0. The monoisotopic (exact) mass is 870 g/mol. The van der Waals surface area contributed by atoms with E-state index >= 15 is 0 Å². The molecule has 10 aromatic carbocycles. The molecule has 322 valence electrons. The summed E-state index contributed by atoms with van der Waals surface area (Å²) in [5.41, 5.74) is 19.4. The minimum atomic E-state index is 0.406.